The first kappa shape index (κ1) is 29.5. The summed E-state index contributed by atoms with van der Waals surface area (Å²) in [6.45, 7) is 17.1. The number of hydrogen-bond donors (Lipinski definition) is 1. The Labute approximate surface area is 202 Å². The van der Waals surface area contributed by atoms with Gasteiger partial charge in [0.2, 0.25) is 0 Å². The second-order valence-electron chi connectivity index (χ2n) is 10.3. The van der Waals surface area contributed by atoms with E-state index in [0.29, 0.717) is 18.9 Å². The summed E-state index contributed by atoms with van der Waals surface area (Å²) in [6.07, 6.45) is 1.26. The molecule has 0 saturated carbocycles. The standard InChI is InChI=1S/C25H38F2N4O3/c1-9-17(13-32)14-33-16-34-20(11-24(2,3)4)30-15-31(25(5,6)7)23-21(27)18(12-28)10-19(26)22(23)29-8/h10,17,32H,8-9,11,13-16H2,1-7H3/b30-20-. The van der Waals surface area contributed by atoms with Gasteiger partial charge < -0.3 is 19.5 Å². The van der Waals surface area contributed by atoms with E-state index >= 15 is 4.39 Å². The number of rotatable bonds is 11. The van der Waals surface area contributed by atoms with Crippen molar-refractivity contribution >= 4 is 24.0 Å². The highest BCUT2D eigenvalue weighted by molar-refractivity contribution is 5.78. The van der Waals surface area contributed by atoms with Crippen molar-refractivity contribution in [1.29, 1.82) is 5.26 Å². The zero-order valence-corrected chi connectivity index (χ0v) is 21.4. The number of aliphatic hydroxyl groups excluding tert-OH is 1. The van der Waals surface area contributed by atoms with E-state index < -0.39 is 22.7 Å². The number of aliphatic imine (C=N–C) groups is 2. The van der Waals surface area contributed by atoms with Gasteiger partial charge in [0, 0.05) is 24.5 Å². The molecule has 1 unspecified atom stereocenters. The summed E-state index contributed by atoms with van der Waals surface area (Å²) in [6, 6.07) is 2.50. The third-order valence-corrected chi connectivity index (χ3v) is 5.09. The van der Waals surface area contributed by atoms with Gasteiger partial charge in [0.05, 0.1) is 12.2 Å². The molecule has 0 radical (unpaired) electrons. The molecule has 0 amide bonds. The average Bonchev–Trinajstić information content (AvgIpc) is 2.73. The van der Waals surface area contributed by atoms with Crippen LogP contribution in [0.1, 0.15) is 66.9 Å². The van der Waals surface area contributed by atoms with E-state index in [2.05, 4.69) is 16.7 Å². The minimum Gasteiger partial charge on any atom is -0.455 e. The molecule has 7 nitrogen and oxygen atoms in total. The van der Waals surface area contributed by atoms with Crippen LogP contribution >= 0.6 is 0 Å². The van der Waals surface area contributed by atoms with Crippen molar-refractivity contribution in [3.8, 4) is 6.07 Å². The van der Waals surface area contributed by atoms with Gasteiger partial charge in [-0.1, -0.05) is 27.7 Å². The summed E-state index contributed by atoms with van der Waals surface area (Å²) in [7, 11) is 0. The first-order valence-electron chi connectivity index (χ1n) is 11.3. The molecule has 34 heavy (non-hydrogen) atoms. The van der Waals surface area contributed by atoms with Gasteiger partial charge in [-0.05, 0) is 45.4 Å². The second kappa shape index (κ2) is 12.8. The Balaban J connectivity index is 3.31. The molecule has 0 aliphatic carbocycles. The lowest BCUT2D eigenvalue weighted by molar-refractivity contribution is -0.0207. The second-order valence-corrected chi connectivity index (χ2v) is 10.3. The minimum atomic E-state index is -0.882. The summed E-state index contributed by atoms with van der Waals surface area (Å²) >= 11 is 0. The van der Waals surface area contributed by atoms with Crippen LogP contribution < -0.4 is 4.90 Å². The lowest BCUT2D eigenvalue weighted by atomic mass is 9.92. The highest BCUT2D eigenvalue weighted by atomic mass is 19.1. The summed E-state index contributed by atoms with van der Waals surface area (Å²) in [5.74, 6) is -1.30. The molecule has 0 aliphatic rings. The topological polar surface area (TPSA) is 90.4 Å². The van der Waals surface area contributed by atoms with Crippen molar-refractivity contribution in [3.63, 3.8) is 0 Å². The van der Waals surface area contributed by atoms with Gasteiger partial charge in [-0.3, -0.25) is 4.99 Å². The van der Waals surface area contributed by atoms with Crippen LogP contribution in [0.4, 0.5) is 20.2 Å². The van der Waals surface area contributed by atoms with Gasteiger partial charge in [-0.25, -0.2) is 13.8 Å². The van der Waals surface area contributed by atoms with Gasteiger partial charge >= 0.3 is 0 Å². The number of aliphatic hydroxyl groups is 1. The normalized spacial score (nSPS) is 13.4. The smallest absolute Gasteiger partial charge is 0.190 e. The summed E-state index contributed by atoms with van der Waals surface area (Å²) in [4.78, 5) is 9.78. The fourth-order valence-corrected chi connectivity index (χ4v) is 3.08. The maximum absolute atomic E-state index is 15.2. The van der Waals surface area contributed by atoms with Crippen molar-refractivity contribution in [2.75, 3.05) is 31.6 Å². The lowest BCUT2D eigenvalue weighted by Gasteiger charge is -2.37. The Hall–Kier alpha value is -2.57. The molecule has 1 atom stereocenters. The molecule has 0 aliphatic heterocycles. The number of anilines is 1. The first-order valence-corrected chi connectivity index (χ1v) is 11.3. The largest absolute Gasteiger partial charge is 0.455 e. The van der Waals surface area contributed by atoms with E-state index in [1.807, 2.05) is 48.5 Å². The molecule has 1 N–H and O–H groups in total. The minimum absolute atomic E-state index is 0.0260. The number of halogens is 2. The number of nitriles is 1. The SMILES string of the molecule is C=Nc1c(F)cc(C#N)c(F)c1N(C/N=C(/CC(C)(C)C)OCOCC(CC)CO)C(C)(C)C. The predicted octanol–water partition coefficient (Wildman–Crippen LogP) is 5.57. The summed E-state index contributed by atoms with van der Waals surface area (Å²) < 4.78 is 41.1. The predicted molar refractivity (Wildman–Crippen MR) is 132 cm³/mol. The number of benzene rings is 1. The van der Waals surface area contributed by atoms with E-state index in [9.17, 15) is 14.8 Å². The average molecular weight is 481 g/mol. The van der Waals surface area contributed by atoms with Crippen LogP contribution in [-0.4, -0.2) is 49.9 Å². The van der Waals surface area contributed by atoms with Crippen molar-refractivity contribution < 1.29 is 23.4 Å². The van der Waals surface area contributed by atoms with Crippen molar-refractivity contribution in [2.45, 2.75) is 66.8 Å². The third-order valence-electron chi connectivity index (χ3n) is 5.09. The van der Waals surface area contributed by atoms with Gasteiger partial charge in [0.25, 0.3) is 0 Å². The molecule has 1 aromatic carbocycles. The molecule has 0 aromatic heterocycles. The van der Waals surface area contributed by atoms with E-state index in [1.54, 1.807) is 6.07 Å². The Kier molecular flexibility index (Phi) is 11.1. The Morgan fingerprint density at radius 1 is 1.26 bits per heavy atom. The van der Waals surface area contributed by atoms with E-state index in [1.165, 1.54) is 4.90 Å². The molecule has 0 heterocycles. The molecule has 9 heteroatoms. The fraction of sp³-hybridized carbons (Fsp3) is 0.640. The molecule has 0 fully saturated rings. The zero-order chi connectivity index (χ0) is 26.1. The van der Waals surface area contributed by atoms with Crippen LogP contribution in [0, 0.1) is 34.3 Å². The molecule has 0 spiro atoms. The Bertz CT molecular complexity index is 895. The van der Waals surface area contributed by atoms with Crippen molar-refractivity contribution in [2.24, 2.45) is 21.3 Å². The summed E-state index contributed by atoms with van der Waals surface area (Å²) in [5.41, 5.74) is -1.75. The lowest BCUT2D eigenvalue weighted by Crippen LogP contribution is -2.43. The highest BCUT2D eigenvalue weighted by Gasteiger charge is 2.30. The molecule has 0 saturated heterocycles. The van der Waals surface area contributed by atoms with E-state index in [0.717, 1.165) is 12.5 Å². The van der Waals surface area contributed by atoms with Crippen LogP contribution in [0.25, 0.3) is 0 Å². The molecular formula is C25H38F2N4O3. The molecule has 1 rings (SSSR count). The van der Waals surface area contributed by atoms with Gasteiger partial charge in [-0.15, -0.1) is 0 Å². The quantitative estimate of drug-likeness (QED) is 0.193. The highest BCUT2D eigenvalue weighted by Crippen LogP contribution is 2.39. The van der Waals surface area contributed by atoms with Crippen molar-refractivity contribution in [3.05, 3.63) is 23.3 Å². The number of nitrogens with zero attached hydrogens (tertiary/aromatic N) is 4. The molecule has 190 valence electrons. The number of ether oxygens (including phenoxy) is 2. The van der Waals surface area contributed by atoms with Gasteiger partial charge in [0.1, 0.15) is 24.1 Å². The van der Waals surface area contributed by atoms with E-state index in [4.69, 9.17) is 9.47 Å². The molecule has 0 bridgehead atoms. The third kappa shape index (κ3) is 8.65. The fourth-order valence-electron chi connectivity index (χ4n) is 3.08. The van der Waals surface area contributed by atoms with Crippen LogP contribution in [0.2, 0.25) is 0 Å². The maximum atomic E-state index is 15.2. The maximum Gasteiger partial charge on any atom is 0.190 e. The zero-order valence-electron chi connectivity index (χ0n) is 21.4. The van der Waals surface area contributed by atoms with Gasteiger partial charge in [0.15, 0.2) is 24.3 Å². The van der Waals surface area contributed by atoms with Crippen LogP contribution in [0.15, 0.2) is 16.1 Å². The monoisotopic (exact) mass is 480 g/mol. The van der Waals surface area contributed by atoms with E-state index in [-0.39, 0.29) is 42.8 Å². The van der Waals surface area contributed by atoms with Crippen LogP contribution in [0.3, 0.4) is 0 Å². The Morgan fingerprint density at radius 2 is 1.91 bits per heavy atom. The van der Waals surface area contributed by atoms with Crippen LogP contribution in [0.5, 0.6) is 0 Å². The summed E-state index contributed by atoms with van der Waals surface area (Å²) in [5, 5.41) is 18.6. The van der Waals surface area contributed by atoms with Crippen LogP contribution in [-0.2, 0) is 9.47 Å². The van der Waals surface area contributed by atoms with Gasteiger partial charge in [-0.2, -0.15) is 5.26 Å². The Morgan fingerprint density at radius 3 is 2.38 bits per heavy atom. The first-order chi connectivity index (χ1) is 15.8. The molecular weight excluding hydrogens is 442 g/mol. The molecule has 1 aromatic rings. The van der Waals surface area contributed by atoms with Crippen molar-refractivity contribution in [1.82, 2.24) is 0 Å². The number of hydrogen-bond acceptors (Lipinski definition) is 7.